The molecule has 0 unspecified atom stereocenters. The molecule has 1 aromatic heterocycles. The highest BCUT2D eigenvalue weighted by Crippen LogP contribution is 2.32. The van der Waals surface area contributed by atoms with Gasteiger partial charge in [0.15, 0.2) is 0 Å². The lowest BCUT2D eigenvalue weighted by Gasteiger charge is -2.24. The van der Waals surface area contributed by atoms with Crippen LogP contribution < -0.4 is 5.73 Å². The van der Waals surface area contributed by atoms with E-state index >= 15 is 0 Å². The first kappa shape index (κ1) is 19.2. The first-order chi connectivity index (χ1) is 8.61. The summed E-state index contributed by atoms with van der Waals surface area (Å²) in [6.07, 6.45) is 6.95. The topological polar surface area (TPSA) is 64.2 Å². The number of amides is 1. The third-order valence-electron chi connectivity index (χ3n) is 3.83. The number of hydrogen-bond acceptors (Lipinski definition) is 3. The van der Waals surface area contributed by atoms with Gasteiger partial charge in [-0.25, -0.2) is 0 Å². The molecule has 1 fully saturated rings. The lowest BCUT2D eigenvalue weighted by molar-refractivity contribution is -0.135. The summed E-state index contributed by atoms with van der Waals surface area (Å²) in [4.78, 5) is 14.2. The van der Waals surface area contributed by atoms with Gasteiger partial charge in [0.1, 0.15) is 0 Å². The number of nitrogens with two attached hydrogens (primary N) is 1. The van der Waals surface area contributed by atoms with Gasteiger partial charge in [-0.2, -0.15) is 5.10 Å². The third kappa shape index (κ3) is 4.36. The maximum Gasteiger partial charge on any atom is 0.226 e. The van der Waals surface area contributed by atoms with Crippen molar-refractivity contribution in [2.45, 2.75) is 25.8 Å². The summed E-state index contributed by atoms with van der Waals surface area (Å²) < 4.78 is 1.76. The number of carbonyl (C=O) groups is 1. The lowest BCUT2D eigenvalue weighted by atomic mass is 9.95. The molecular formula is C13H24Cl2N4O. The standard InChI is InChI=1S/C13H22N4O.2ClH/c1-16(8-10-7-15-17(2)9-10)13(18)12-5-3-4-11(12)6-14;;/h7,9,11-12H,3-6,8,14H2,1-2H3;2*1H/t11-,12-;;/m1../s1. The molecule has 1 heterocycles. The molecule has 0 saturated heterocycles. The minimum Gasteiger partial charge on any atom is -0.341 e. The Hall–Kier alpha value is -0.780. The third-order valence-corrected chi connectivity index (χ3v) is 3.83. The van der Waals surface area contributed by atoms with Crippen LogP contribution in [-0.4, -0.2) is 34.2 Å². The van der Waals surface area contributed by atoms with E-state index in [4.69, 9.17) is 5.73 Å². The Bertz CT molecular complexity index is 424. The van der Waals surface area contributed by atoms with Crippen molar-refractivity contribution in [1.82, 2.24) is 14.7 Å². The summed E-state index contributed by atoms with van der Waals surface area (Å²) in [6.45, 7) is 1.25. The molecule has 20 heavy (non-hydrogen) atoms. The maximum atomic E-state index is 12.4. The number of halogens is 2. The number of aromatic nitrogens is 2. The van der Waals surface area contributed by atoms with E-state index in [1.54, 1.807) is 15.8 Å². The minimum absolute atomic E-state index is 0. The summed E-state index contributed by atoms with van der Waals surface area (Å²) in [6, 6.07) is 0. The van der Waals surface area contributed by atoms with Gasteiger partial charge >= 0.3 is 0 Å². The zero-order valence-corrected chi connectivity index (χ0v) is 13.6. The SMILES string of the molecule is CN(Cc1cnn(C)c1)C(=O)[C@@H]1CCC[C@@H]1CN.Cl.Cl. The molecule has 116 valence electrons. The maximum absolute atomic E-state index is 12.4. The van der Waals surface area contributed by atoms with Crippen LogP contribution in [0.5, 0.6) is 0 Å². The van der Waals surface area contributed by atoms with Crippen LogP contribution in [0.15, 0.2) is 12.4 Å². The summed E-state index contributed by atoms with van der Waals surface area (Å²) in [7, 11) is 3.74. The number of aryl methyl sites for hydroxylation is 1. The van der Waals surface area contributed by atoms with Crippen molar-refractivity contribution < 1.29 is 4.79 Å². The molecule has 1 aliphatic carbocycles. The van der Waals surface area contributed by atoms with Gasteiger partial charge in [0.2, 0.25) is 5.91 Å². The number of rotatable bonds is 4. The van der Waals surface area contributed by atoms with Crippen LogP contribution >= 0.6 is 24.8 Å². The first-order valence-corrected chi connectivity index (χ1v) is 6.54. The second kappa shape index (κ2) is 8.49. The average Bonchev–Trinajstić information content (AvgIpc) is 2.96. The van der Waals surface area contributed by atoms with Crippen LogP contribution in [0.4, 0.5) is 0 Å². The summed E-state index contributed by atoms with van der Waals surface area (Å²) in [5.74, 6) is 0.720. The number of carbonyl (C=O) groups excluding carboxylic acids is 1. The highest BCUT2D eigenvalue weighted by atomic mass is 35.5. The Morgan fingerprint density at radius 1 is 1.50 bits per heavy atom. The van der Waals surface area contributed by atoms with Gasteiger partial charge in [-0.3, -0.25) is 9.48 Å². The molecule has 0 aromatic carbocycles. The van der Waals surface area contributed by atoms with Crippen molar-refractivity contribution in [1.29, 1.82) is 0 Å². The van der Waals surface area contributed by atoms with Gasteiger partial charge in [-0.15, -0.1) is 24.8 Å². The molecule has 1 amide bonds. The van der Waals surface area contributed by atoms with Crippen LogP contribution in [0.25, 0.3) is 0 Å². The van der Waals surface area contributed by atoms with E-state index in [-0.39, 0.29) is 36.6 Å². The summed E-state index contributed by atoms with van der Waals surface area (Å²) in [5, 5.41) is 4.12. The van der Waals surface area contributed by atoms with Crippen molar-refractivity contribution in [2.24, 2.45) is 24.6 Å². The molecule has 0 spiro atoms. The fraction of sp³-hybridized carbons (Fsp3) is 0.692. The minimum atomic E-state index is 0. The summed E-state index contributed by atoms with van der Waals surface area (Å²) >= 11 is 0. The molecule has 1 saturated carbocycles. The Balaban J connectivity index is 0.00000180. The molecular weight excluding hydrogens is 299 g/mol. The Kier molecular flexibility index (Phi) is 8.16. The van der Waals surface area contributed by atoms with Gasteiger partial charge in [-0.05, 0) is 25.3 Å². The fourth-order valence-corrected chi connectivity index (χ4v) is 2.83. The van der Waals surface area contributed by atoms with E-state index < -0.39 is 0 Å². The van der Waals surface area contributed by atoms with E-state index in [1.807, 2.05) is 20.3 Å². The van der Waals surface area contributed by atoms with Crippen molar-refractivity contribution in [2.75, 3.05) is 13.6 Å². The van der Waals surface area contributed by atoms with E-state index in [0.717, 1.165) is 24.8 Å². The van der Waals surface area contributed by atoms with Gasteiger partial charge in [0, 0.05) is 38.3 Å². The molecule has 0 aliphatic heterocycles. The van der Waals surface area contributed by atoms with E-state index in [0.29, 0.717) is 19.0 Å². The van der Waals surface area contributed by atoms with Crippen LogP contribution in [0.3, 0.4) is 0 Å². The normalized spacial score (nSPS) is 20.9. The van der Waals surface area contributed by atoms with Crippen molar-refractivity contribution in [3.05, 3.63) is 18.0 Å². The van der Waals surface area contributed by atoms with Crippen molar-refractivity contribution in [3.8, 4) is 0 Å². The quantitative estimate of drug-likeness (QED) is 0.915. The molecule has 2 N–H and O–H groups in total. The predicted molar refractivity (Wildman–Crippen MR) is 84.1 cm³/mol. The van der Waals surface area contributed by atoms with E-state index in [9.17, 15) is 4.79 Å². The molecule has 1 aliphatic rings. The molecule has 0 radical (unpaired) electrons. The highest BCUT2D eigenvalue weighted by Gasteiger charge is 2.33. The Morgan fingerprint density at radius 2 is 2.20 bits per heavy atom. The monoisotopic (exact) mass is 322 g/mol. The van der Waals surface area contributed by atoms with Crippen molar-refractivity contribution >= 4 is 30.7 Å². The van der Waals surface area contributed by atoms with Gasteiger partial charge in [0.25, 0.3) is 0 Å². The Morgan fingerprint density at radius 3 is 2.75 bits per heavy atom. The van der Waals surface area contributed by atoms with Crippen LogP contribution in [0, 0.1) is 11.8 Å². The van der Waals surface area contributed by atoms with Crippen molar-refractivity contribution in [3.63, 3.8) is 0 Å². The fourth-order valence-electron chi connectivity index (χ4n) is 2.83. The lowest BCUT2D eigenvalue weighted by Crippen LogP contribution is -2.36. The van der Waals surface area contributed by atoms with E-state index in [1.165, 1.54) is 0 Å². The predicted octanol–water partition coefficient (Wildman–Crippen LogP) is 1.60. The molecule has 1 aromatic rings. The number of nitrogens with zero attached hydrogens (tertiary/aromatic N) is 3. The first-order valence-electron chi connectivity index (χ1n) is 6.54. The van der Waals surface area contributed by atoms with Gasteiger partial charge in [0.05, 0.1) is 6.20 Å². The molecule has 2 rings (SSSR count). The summed E-state index contributed by atoms with van der Waals surface area (Å²) in [5.41, 5.74) is 6.80. The largest absolute Gasteiger partial charge is 0.341 e. The second-order valence-corrected chi connectivity index (χ2v) is 5.25. The van der Waals surface area contributed by atoms with Crippen LogP contribution in [0.2, 0.25) is 0 Å². The second-order valence-electron chi connectivity index (χ2n) is 5.25. The average molecular weight is 323 g/mol. The zero-order valence-electron chi connectivity index (χ0n) is 12.0. The van der Waals surface area contributed by atoms with Gasteiger partial charge in [-0.1, -0.05) is 6.42 Å². The highest BCUT2D eigenvalue weighted by molar-refractivity contribution is 5.85. The van der Waals surface area contributed by atoms with Crippen LogP contribution in [0.1, 0.15) is 24.8 Å². The smallest absolute Gasteiger partial charge is 0.226 e. The van der Waals surface area contributed by atoms with Crippen LogP contribution in [-0.2, 0) is 18.4 Å². The zero-order chi connectivity index (χ0) is 13.1. The molecule has 5 nitrogen and oxygen atoms in total. The number of hydrogen-bond donors (Lipinski definition) is 1. The molecule has 0 bridgehead atoms. The molecule has 2 atom stereocenters. The van der Waals surface area contributed by atoms with E-state index in [2.05, 4.69) is 5.10 Å². The molecule has 7 heteroatoms. The van der Waals surface area contributed by atoms with Gasteiger partial charge < -0.3 is 10.6 Å². The Labute approximate surface area is 132 Å².